The van der Waals surface area contributed by atoms with Crippen LogP contribution < -0.4 is 4.74 Å². The second-order valence-electron chi connectivity index (χ2n) is 6.08. The molecule has 118 valence electrons. The lowest BCUT2D eigenvalue weighted by Gasteiger charge is -2.19. The molecule has 0 saturated heterocycles. The molecule has 2 rings (SSSR count). The van der Waals surface area contributed by atoms with Gasteiger partial charge in [0.1, 0.15) is 11.5 Å². The van der Waals surface area contributed by atoms with Crippen molar-refractivity contribution < 1.29 is 9.84 Å². The largest absolute Gasteiger partial charge is 0.507 e. The summed E-state index contributed by atoms with van der Waals surface area (Å²) < 4.78 is 5.90. The second-order valence-corrected chi connectivity index (χ2v) is 6.08. The lowest BCUT2D eigenvalue weighted by Crippen LogP contribution is -2.04. The molecule has 0 unspecified atom stereocenters. The minimum absolute atomic E-state index is 0.263. The van der Waals surface area contributed by atoms with Crippen LogP contribution in [0.4, 0.5) is 0 Å². The smallest absolute Gasteiger partial charge is 0.123 e. The number of rotatable bonds is 6. The summed E-state index contributed by atoms with van der Waals surface area (Å²) in [5.74, 6) is 1.58. The van der Waals surface area contributed by atoms with Crippen molar-refractivity contribution in [2.24, 2.45) is 0 Å². The monoisotopic (exact) mass is 298 g/mol. The normalized spacial score (nSPS) is 11.0. The summed E-state index contributed by atoms with van der Waals surface area (Å²) in [6.07, 6.45) is 1.70. The topological polar surface area (TPSA) is 29.5 Å². The minimum Gasteiger partial charge on any atom is -0.507 e. The van der Waals surface area contributed by atoms with Crippen molar-refractivity contribution >= 4 is 0 Å². The van der Waals surface area contributed by atoms with Gasteiger partial charge in [-0.3, -0.25) is 0 Å². The van der Waals surface area contributed by atoms with Gasteiger partial charge in [0.25, 0.3) is 0 Å². The maximum atomic E-state index is 10.7. The zero-order valence-electron chi connectivity index (χ0n) is 14.0. The molecule has 0 heterocycles. The van der Waals surface area contributed by atoms with Gasteiger partial charge in [0.05, 0.1) is 6.61 Å². The van der Waals surface area contributed by atoms with Crippen molar-refractivity contribution in [3.63, 3.8) is 0 Å². The van der Waals surface area contributed by atoms with Crippen LogP contribution in [0.25, 0.3) is 0 Å². The predicted molar refractivity (Wildman–Crippen MR) is 92.0 cm³/mol. The molecule has 0 aromatic heterocycles. The van der Waals surface area contributed by atoms with E-state index < -0.39 is 0 Å². The Morgan fingerprint density at radius 3 is 2.41 bits per heavy atom. The van der Waals surface area contributed by atoms with Crippen LogP contribution in [0, 0.1) is 6.92 Å². The summed E-state index contributed by atoms with van der Waals surface area (Å²) in [7, 11) is 0. The standard InChI is InChI=1S/C20H26O2/c1-5-11-22-19-13-17(14(2)3)20(21)18(15(19)4)12-16-9-7-6-8-10-16/h6-10,13-14,21H,5,11-12H2,1-4H3. The summed E-state index contributed by atoms with van der Waals surface area (Å²) in [6, 6.07) is 12.3. The lowest BCUT2D eigenvalue weighted by atomic mass is 9.92. The van der Waals surface area contributed by atoms with E-state index in [2.05, 4.69) is 32.9 Å². The minimum atomic E-state index is 0.263. The quantitative estimate of drug-likeness (QED) is 0.794. The van der Waals surface area contributed by atoms with E-state index in [0.29, 0.717) is 12.4 Å². The third kappa shape index (κ3) is 3.62. The maximum Gasteiger partial charge on any atom is 0.123 e. The number of benzene rings is 2. The number of phenols is 1. The van der Waals surface area contributed by atoms with E-state index >= 15 is 0 Å². The van der Waals surface area contributed by atoms with E-state index in [1.165, 1.54) is 5.56 Å². The third-order valence-electron chi connectivity index (χ3n) is 3.98. The van der Waals surface area contributed by atoms with Crippen molar-refractivity contribution in [3.8, 4) is 11.5 Å². The molecule has 0 aliphatic carbocycles. The van der Waals surface area contributed by atoms with Gasteiger partial charge in [-0.1, -0.05) is 51.1 Å². The molecule has 2 aromatic rings. The zero-order chi connectivity index (χ0) is 16.1. The Morgan fingerprint density at radius 1 is 1.14 bits per heavy atom. The lowest BCUT2D eigenvalue weighted by molar-refractivity contribution is 0.313. The highest BCUT2D eigenvalue weighted by Crippen LogP contribution is 2.38. The van der Waals surface area contributed by atoms with Crippen LogP contribution in [-0.4, -0.2) is 11.7 Å². The van der Waals surface area contributed by atoms with E-state index in [4.69, 9.17) is 4.74 Å². The third-order valence-corrected chi connectivity index (χ3v) is 3.98. The van der Waals surface area contributed by atoms with Crippen molar-refractivity contribution in [1.82, 2.24) is 0 Å². The molecular weight excluding hydrogens is 272 g/mol. The van der Waals surface area contributed by atoms with Gasteiger partial charge in [0.15, 0.2) is 0 Å². The Hall–Kier alpha value is -1.96. The van der Waals surface area contributed by atoms with Gasteiger partial charge >= 0.3 is 0 Å². The van der Waals surface area contributed by atoms with E-state index in [9.17, 15) is 5.11 Å². The number of hydrogen-bond donors (Lipinski definition) is 1. The Bertz CT molecular complexity index is 615. The molecule has 0 spiro atoms. The molecule has 0 fully saturated rings. The summed E-state index contributed by atoms with van der Waals surface area (Å²) in [5, 5.41) is 10.7. The first-order valence-electron chi connectivity index (χ1n) is 8.06. The van der Waals surface area contributed by atoms with Crippen molar-refractivity contribution in [2.45, 2.75) is 46.5 Å². The van der Waals surface area contributed by atoms with Gasteiger partial charge in [-0.05, 0) is 36.5 Å². The Balaban J connectivity index is 2.47. The molecule has 2 aromatic carbocycles. The molecule has 2 heteroatoms. The molecule has 0 saturated carbocycles. The second kappa shape index (κ2) is 7.35. The highest BCUT2D eigenvalue weighted by molar-refractivity contribution is 5.55. The van der Waals surface area contributed by atoms with E-state index in [1.54, 1.807) is 0 Å². The van der Waals surface area contributed by atoms with Gasteiger partial charge in [-0.25, -0.2) is 0 Å². The van der Waals surface area contributed by atoms with Crippen LogP contribution in [0.5, 0.6) is 11.5 Å². The SMILES string of the molecule is CCCOc1cc(C(C)C)c(O)c(Cc2ccccc2)c1C. The van der Waals surface area contributed by atoms with Crippen molar-refractivity contribution in [2.75, 3.05) is 6.61 Å². The molecule has 22 heavy (non-hydrogen) atoms. The zero-order valence-corrected chi connectivity index (χ0v) is 14.0. The number of phenolic OH excluding ortho intramolecular Hbond substituents is 1. The van der Waals surface area contributed by atoms with E-state index in [-0.39, 0.29) is 5.92 Å². The van der Waals surface area contributed by atoms with Crippen molar-refractivity contribution in [3.05, 3.63) is 58.7 Å². The fourth-order valence-electron chi connectivity index (χ4n) is 2.64. The Morgan fingerprint density at radius 2 is 1.82 bits per heavy atom. The van der Waals surface area contributed by atoms with Gasteiger partial charge in [-0.15, -0.1) is 0 Å². The molecule has 1 N–H and O–H groups in total. The van der Waals surface area contributed by atoms with Crippen LogP contribution >= 0.6 is 0 Å². The summed E-state index contributed by atoms with van der Waals surface area (Å²) in [4.78, 5) is 0. The molecule has 0 amide bonds. The fourth-order valence-corrected chi connectivity index (χ4v) is 2.64. The molecule has 0 bridgehead atoms. The average molecular weight is 298 g/mol. The highest BCUT2D eigenvalue weighted by atomic mass is 16.5. The van der Waals surface area contributed by atoms with Gasteiger partial charge in [0.2, 0.25) is 0 Å². The molecule has 0 aliphatic rings. The van der Waals surface area contributed by atoms with E-state index in [0.717, 1.165) is 35.3 Å². The van der Waals surface area contributed by atoms with Crippen LogP contribution in [0.15, 0.2) is 36.4 Å². The highest BCUT2D eigenvalue weighted by Gasteiger charge is 2.18. The number of aromatic hydroxyl groups is 1. The van der Waals surface area contributed by atoms with Gasteiger partial charge in [0, 0.05) is 17.5 Å². The molecule has 0 aliphatic heterocycles. The van der Waals surface area contributed by atoms with Gasteiger partial charge < -0.3 is 9.84 Å². The predicted octanol–water partition coefficient (Wildman–Crippen LogP) is 5.20. The van der Waals surface area contributed by atoms with Gasteiger partial charge in [-0.2, -0.15) is 0 Å². The first-order chi connectivity index (χ1) is 10.5. The van der Waals surface area contributed by atoms with Crippen LogP contribution in [0.2, 0.25) is 0 Å². The van der Waals surface area contributed by atoms with Crippen LogP contribution in [0.3, 0.4) is 0 Å². The summed E-state index contributed by atoms with van der Waals surface area (Å²) >= 11 is 0. The van der Waals surface area contributed by atoms with E-state index in [1.807, 2.05) is 31.2 Å². The van der Waals surface area contributed by atoms with Crippen molar-refractivity contribution in [1.29, 1.82) is 0 Å². The molecule has 0 radical (unpaired) electrons. The molecule has 2 nitrogen and oxygen atoms in total. The summed E-state index contributed by atoms with van der Waals surface area (Å²) in [6.45, 7) is 9.03. The van der Waals surface area contributed by atoms with Crippen LogP contribution in [0.1, 0.15) is 55.4 Å². The van der Waals surface area contributed by atoms with Crippen LogP contribution in [-0.2, 0) is 6.42 Å². The fraction of sp³-hybridized carbons (Fsp3) is 0.400. The number of ether oxygens (including phenoxy) is 1. The average Bonchev–Trinajstić information content (AvgIpc) is 2.51. The first kappa shape index (κ1) is 16.4. The Labute approximate surface area is 133 Å². The number of hydrogen-bond acceptors (Lipinski definition) is 2. The first-order valence-corrected chi connectivity index (χ1v) is 8.06. The Kier molecular flexibility index (Phi) is 5.48. The molecule has 0 atom stereocenters. The molecular formula is C20H26O2. The summed E-state index contributed by atoms with van der Waals surface area (Å²) in [5.41, 5.74) is 4.17. The maximum absolute atomic E-state index is 10.7.